The van der Waals surface area contributed by atoms with Gasteiger partial charge in [-0.1, -0.05) is 18.6 Å². The number of benzene rings is 1. The molecule has 2 saturated carbocycles. The molecule has 2 aliphatic rings. The van der Waals surface area contributed by atoms with Crippen molar-refractivity contribution in [2.45, 2.75) is 38.5 Å². The van der Waals surface area contributed by atoms with Gasteiger partial charge in [0.15, 0.2) is 6.61 Å². The summed E-state index contributed by atoms with van der Waals surface area (Å²) >= 11 is 0. The van der Waals surface area contributed by atoms with Gasteiger partial charge < -0.3 is 10.1 Å². The molecule has 1 aromatic rings. The molecule has 2 fully saturated rings. The number of halogens is 1. The molecule has 2 bridgehead atoms. The van der Waals surface area contributed by atoms with E-state index in [1.165, 1.54) is 31.4 Å². The smallest absolute Gasteiger partial charge is 0.306 e. The number of esters is 1. The van der Waals surface area contributed by atoms with Crippen molar-refractivity contribution in [2.24, 2.45) is 17.8 Å². The van der Waals surface area contributed by atoms with Crippen molar-refractivity contribution in [1.29, 1.82) is 0 Å². The van der Waals surface area contributed by atoms with E-state index in [0.29, 0.717) is 31.2 Å². The van der Waals surface area contributed by atoms with Crippen LogP contribution in [-0.4, -0.2) is 25.0 Å². The van der Waals surface area contributed by atoms with Gasteiger partial charge >= 0.3 is 5.97 Å². The van der Waals surface area contributed by atoms with Crippen LogP contribution in [0.25, 0.3) is 0 Å². The molecule has 1 amide bonds. The van der Waals surface area contributed by atoms with Crippen LogP contribution in [0.4, 0.5) is 4.39 Å². The number of carbonyl (C=O) groups is 2. The van der Waals surface area contributed by atoms with Gasteiger partial charge in [-0.25, -0.2) is 4.39 Å². The topological polar surface area (TPSA) is 55.4 Å². The summed E-state index contributed by atoms with van der Waals surface area (Å²) in [5.41, 5.74) is 0.949. The van der Waals surface area contributed by atoms with Gasteiger partial charge in [0.1, 0.15) is 5.82 Å². The molecule has 0 heterocycles. The van der Waals surface area contributed by atoms with Crippen LogP contribution < -0.4 is 5.32 Å². The minimum Gasteiger partial charge on any atom is -0.456 e. The SMILES string of the molecule is O=C(COC(=O)C[C@H]1C[C@H]2CC[C@@H]1C2)NCCc1ccc(F)cc1. The van der Waals surface area contributed by atoms with Gasteiger partial charge in [0.05, 0.1) is 0 Å². The first-order valence-electron chi connectivity index (χ1n) is 8.77. The molecule has 4 nitrogen and oxygen atoms in total. The van der Waals surface area contributed by atoms with E-state index in [-0.39, 0.29) is 24.3 Å². The molecule has 0 radical (unpaired) electrons. The predicted octanol–water partition coefficient (Wildman–Crippen LogP) is 2.85. The lowest BCUT2D eigenvalue weighted by Gasteiger charge is -2.20. The standard InChI is InChI=1S/C19H24FNO3/c20-17-5-2-13(3-6-17)7-8-21-18(22)12-24-19(23)11-16-10-14-1-4-15(16)9-14/h2-3,5-6,14-16H,1,4,7-12H2,(H,21,22)/t14-,15+,16+/m0/s1. The average Bonchev–Trinajstić information content (AvgIpc) is 3.18. The maximum absolute atomic E-state index is 12.8. The largest absolute Gasteiger partial charge is 0.456 e. The lowest BCUT2D eigenvalue weighted by Crippen LogP contribution is -2.31. The third-order valence-electron chi connectivity index (χ3n) is 5.33. The molecule has 0 unspecified atom stereocenters. The Kier molecular flexibility index (Phi) is 5.48. The monoisotopic (exact) mass is 333 g/mol. The van der Waals surface area contributed by atoms with Crippen LogP contribution in [-0.2, 0) is 20.7 Å². The Morgan fingerprint density at radius 3 is 2.62 bits per heavy atom. The molecule has 0 spiro atoms. The third-order valence-corrected chi connectivity index (χ3v) is 5.33. The highest BCUT2D eigenvalue weighted by Gasteiger charge is 2.40. The van der Waals surface area contributed by atoms with Crippen LogP contribution in [0.1, 0.15) is 37.7 Å². The zero-order valence-electron chi connectivity index (χ0n) is 13.8. The number of hydrogen-bond donors (Lipinski definition) is 1. The zero-order chi connectivity index (χ0) is 16.9. The second-order valence-electron chi connectivity index (χ2n) is 7.03. The van der Waals surface area contributed by atoms with Crippen molar-refractivity contribution in [1.82, 2.24) is 5.32 Å². The van der Waals surface area contributed by atoms with E-state index in [1.807, 2.05) is 0 Å². The van der Waals surface area contributed by atoms with Gasteiger partial charge in [-0.3, -0.25) is 9.59 Å². The minimum atomic E-state index is -0.293. The summed E-state index contributed by atoms with van der Waals surface area (Å²) in [4.78, 5) is 23.6. The summed E-state index contributed by atoms with van der Waals surface area (Å²) in [6.07, 6.45) is 6.03. The quantitative estimate of drug-likeness (QED) is 0.781. The normalized spacial score (nSPS) is 24.8. The van der Waals surface area contributed by atoms with Crippen molar-refractivity contribution in [3.05, 3.63) is 35.6 Å². The molecule has 1 N–H and O–H groups in total. The van der Waals surface area contributed by atoms with Crippen LogP contribution in [0.2, 0.25) is 0 Å². The van der Waals surface area contributed by atoms with Gasteiger partial charge in [-0.05, 0) is 61.1 Å². The molecule has 24 heavy (non-hydrogen) atoms. The van der Waals surface area contributed by atoms with Gasteiger partial charge in [0.2, 0.25) is 0 Å². The maximum Gasteiger partial charge on any atom is 0.306 e. The number of ether oxygens (including phenoxy) is 1. The van der Waals surface area contributed by atoms with E-state index < -0.39 is 0 Å². The predicted molar refractivity (Wildman–Crippen MR) is 87.6 cm³/mol. The molecular formula is C19H24FNO3. The lowest BCUT2D eigenvalue weighted by atomic mass is 9.86. The highest BCUT2D eigenvalue weighted by Crippen LogP contribution is 2.49. The molecule has 1 aromatic carbocycles. The Hall–Kier alpha value is -1.91. The Balaban J connectivity index is 1.29. The van der Waals surface area contributed by atoms with Crippen LogP contribution in [0.15, 0.2) is 24.3 Å². The first-order valence-corrected chi connectivity index (χ1v) is 8.77. The second-order valence-corrected chi connectivity index (χ2v) is 7.03. The van der Waals surface area contributed by atoms with E-state index in [1.54, 1.807) is 12.1 Å². The third kappa shape index (κ3) is 4.56. The van der Waals surface area contributed by atoms with Crippen LogP contribution >= 0.6 is 0 Å². The van der Waals surface area contributed by atoms with E-state index in [9.17, 15) is 14.0 Å². The fourth-order valence-corrected chi connectivity index (χ4v) is 4.09. The molecule has 0 saturated heterocycles. The molecule has 130 valence electrons. The summed E-state index contributed by atoms with van der Waals surface area (Å²) < 4.78 is 17.9. The number of amides is 1. The van der Waals surface area contributed by atoms with Gasteiger partial charge in [-0.2, -0.15) is 0 Å². The van der Waals surface area contributed by atoms with Crippen LogP contribution in [0.3, 0.4) is 0 Å². The van der Waals surface area contributed by atoms with Crippen molar-refractivity contribution in [3.8, 4) is 0 Å². The first-order chi connectivity index (χ1) is 11.6. The van der Waals surface area contributed by atoms with Crippen LogP contribution in [0, 0.1) is 23.6 Å². The maximum atomic E-state index is 12.8. The Morgan fingerprint density at radius 2 is 1.96 bits per heavy atom. The summed E-state index contributed by atoms with van der Waals surface area (Å²) in [5.74, 6) is 1.12. The van der Waals surface area contributed by atoms with Crippen molar-refractivity contribution in [2.75, 3.05) is 13.2 Å². The Labute approximate surface area is 141 Å². The Bertz CT molecular complexity index is 587. The molecular weight excluding hydrogens is 309 g/mol. The highest BCUT2D eigenvalue weighted by molar-refractivity contribution is 5.80. The molecule has 0 aromatic heterocycles. The molecule has 0 aliphatic heterocycles. The molecule has 2 aliphatic carbocycles. The Morgan fingerprint density at radius 1 is 1.17 bits per heavy atom. The summed E-state index contributed by atoms with van der Waals surface area (Å²) in [6, 6.07) is 6.18. The zero-order valence-corrected chi connectivity index (χ0v) is 13.8. The average molecular weight is 333 g/mol. The van der Waals surface area contributed by atoms with Gasteiger partial charge in [0.25, 0.3) is 5.91 Å². The van der Waals surface area contributed by atoms with Crippen LogP contribution in [0.5, 0.6) is 0 Å². The van der Waals surface area contributed by atoms with Gasteiger partial charge in [0, 0.05) is 13.0 Å². The van der Waals surface area contributed by atoms with E-state index in [4.69, 9.17) is 4.74 Å². The first kappa shape index (κ1) is 16.9. The molecule has 3 atom stereocenters. The number of rotatable bonds is 7. The lowest BCUT2D eigenvalue weighted by molar-refractivity contribution is -0.149. The van der Waals surface area contributed by atoms with E-state index >= 15 is 0 Å². The number of carbonyl (C=O) groups excluding carboxylic acids is 2. The summed E-state index contributed by atoms with van der Waals surface area (Å²) in [7, 11) is 0. The number of hydrogen-bond acceptors (Lipinski definition) is 3. The molecule has 3 rings (SSSR count). The van der Waals surface area contributed by atoms with Crippen molar-refractivity contribution < 1.29 is 18.7 Å². The fourth-order valence-electron chi connectivity index (χ4n) is 4.09. The van der Waals surface area contributed by atoms with Crippen molar-refractivity contribution in [3.63, 3.8) is 0 Å². The molecule has 5 heteroatoms. The summed E-state index contributed by atoms with van der Waals surface area (Å²) in [5, 5.41) is 2.71. The summed E-state index contributed by atoms with van der Waals surface area (Å²) in [6.45, 7) is 0.220. The number of nitrogens with one attached hydrogen (secondary N) is 1. The van der Waals surface area contributed by atoms with Crippen molar-refractivity contribution >= 4 is 11.9 Å². The minimum absolute atomic E-state index is 0.219. The fraction of sp³-hybridized carbons (Fsp3) is 0.579. The highest BCUT2D eigenvalue weighted by atomic mass is 19.1. The van der Waals surface area contributed by atoms with E-state index in [0.717, 1.165) is 17.9 Å². The van der Waals surface area contributed by atoms with Gasteiger partial charge in [-0.15, -0.1) is 0 Å². The second kappa shape index (κ2) is 7.77. The van der Waals surface area contributed by atoms with E-state index in [2.05, 4.69) is 5.32 Å². The number of fused-ring (bicyclic) bond motifs is 2.